The predicted octanol–water partition coefficient (Wildman–Crippen LogP) is 0.363. The van der Waals surface area contributed by atoms with Crippen molar-refractivity contribution >= 4 is 17.5 Å². The number of rotatable bonds is 2. The van der Waals surface area contributed by atoms with E-state index in [0.717, 1.165) is 0 Å². The van der Waals surface area contributed by atoms with Crippen molar-refractivity contribution in [3.63, 3.8) is 0 Å². The molecule has 0 saturated carbocycles. The highest BCUT2D eigenvalue weighted by Gasteiger charge is 2.38. The van der Waals surface area contributed by atoms with Crippen LogP contribution >= 0.6 is 0 Å². The summed E-state index contributed by atoms with van der Waals surface area (Å²) in [7, 11) is 0. The molecule has 2 aliphatic rings. The van der Waals surface area contributed by atoms with Gasteiger partial charge in [-0.15, -0.1) is 0 Å². The van der Waals surface area contributed by atoms with E-state index in [2.05, 4.69) is 5.32 Å². The topological polar surface area (TPSA) is 52.7 Å². The third-order valence-electron chi connectivity index (χ3n) is 3.83. The van der Waals surface area contributed by atoms with Gasteiger partial charge in [-0.1, -0.05) is 12.1 Å². The number of benzene rings is 1. The van der Waals surface area contributed by atoms with Crippen LogP contribution < -0.4 is 10.2 Å². The lowest BCUT2D eigenvalue weighted by molar-refractivity contribution is -0.128. The van der Waals surface area contributed by atoms with Gasteiger partial charge in [-0.3, -0.25) is 14.5 Å². The number of carbonyl (C=O) groups is 2. The maximum absolute atomic E-state index is 13.8. The number of nitrogens with zero attached hydrogens (tertiary/aromatic N) is 2. The highest BCUT2D eigenvalue weighted by atomic mass is 19.1. The summed E-state index contributed by atoms with van der Waals surface area (Å²) in [6.45, 7) is 1.94. The zero-order chi connectivity index (χ0) is 14.1. The molecule has 2 saturated heterocycles. The first-order valence-corrected chi connectivity index (χ1v) is 6.73. The van der Waals surface area contributed by atoms with Crippen LogP contribution in [-0.2, 0) is 9.59 Å². The average Bonchev–Trinajstić information content (AvgIpc) is 2.81. The number of para-hydroxylation sites is 1. The first kappa shape index (κ1) is 13.1. The second-order valence-corrected chi connectivity index (χ2v) is 5.07. The summed E-state index contributed by atoms with van der Waals surface area (Å²) < 4.78 is 13.8. The van der Waals surface area contributed by atoms with Gasteiger partial charge >= 0.3 is 0 Å². The van der Waals surface area contributed by atoms with Gasteiger partial charge in [0.25, 0.3) is 0 Å². The van der Waals surface area contributed by atoms with Crippen LogP contribution in [0.1, 0.15) is 6.42 Å². The molecule has 1 aromatic rings. The second kappa shape index (κ2) is 5.20. The van der Waals surface area contributed by atoms with Gasteiger partial charge in [0, 0.05) is 19.6 Å². The summed E-state index contributed by atoms with van der Waals surface area (Å²) in [5.74, 6) is -0.573. The van der Waals surface area contributed by atoms with Gasteiger partial charge in [0.05, 0.1) is 18.3 Å². The van der Waals surface area contributed by atoms with Crippen molar-refractivity contribution in [1.29, 1.82) is 0 Å². The van der Waals surface area contributed by atoms with Crippen LogP contribution in [0.4, 0.5) is 10.1 Å². The Morgan fingerprint density at radius 3 is 2.75 bits per heavy atom. The molecule has 1 unspecified atom stereocenters. The van der Waals surface area contributed by atoms with Crippen LogP contribution in [0.5, 0.6) is 0 Å². The van der Waals surface area contributed by atoms with Gasteiger partial charge in [0.15, 0.2) is 0 Å². The number of hydrogen-bond donors (Lipinski definition) is 1. The number of nitrogens with one attached hydrogen (secondary N) is 1. The summed E-state index contributed by atoms with van der Waals surface area (Å²) in [5.41, 5.74) is 0.321. The van der Waals surface area contributed by atoms with E-state index >= 15 is 0 Å². The first-order chi connectivity index (χ1) is 9.66. The molecule has 3 rings (SSSR count). The minimum Gasteiger partial charge on any atom is -0.354 e. The molecule has 2 fully saturated rings. The van der Waals surface area contributed by atoms with Crippen LogP contribution in [0.3, 0.4) is 0 Å². The normalized spacial score (nSPS) is 24.1. The maximum atomic E-state index is 13.8. The first-order valence-electron chi connectivity index (χ1n) is 6.73. The Kier molecular flexibility index (Phi) is 3.40. The monoisotopic (exact) mass is 277 g/mol. The highest BCUT2D eigenvalue weighted by molar-refractivity contribution is 5.99. The van der Waals surface area contributed by atoms with E-state index in [4.69, 9.17) is 0 Å². The molecule has 0 aromatic heterocycles. The zero-order valence-corrected chi connectivity index (χ0v) is 11.0. The van der Waals surface area contributed by atoms with Crippen LogP contribution in [0, 0.1) is 5.82 Å². The Balaban J connectivity index is 1.77. The molecule has 20 heavy (non-hydrogen) atoms. The molecule has 1 aromatic carbocycles. The minimum atomic E-state index is -0.391. The third kappa shape index (κ3) is 2.27. The largest absolute Gasteiger partial charge is 0.354 e. The molecular weight excluding hydrogens is 261 g/mol. The van der Waals surface area contributed by atoms with Gasteiger partial charge in [-0.25, -0.2) is 4.39 Å². The van der Waals surface area contributed by atoms with E-state index in [9.17, 15) is 14.0 Å². The van der Waals surface area contributed by atoms with Crippen molar-refractivity contribution in [2.45, 2.75) is 12.5 Å². The summed E-state index contributed by atoms with van der Waals surface area (Å²) in [4.78, 5) is 27.2. The Morgan fingerprint density at radius 2 is 2.00 bits per heavy atom. The summed E-state index contributed by atoms with van der Waals surface area (Å²) >= 11 is 0. The standard InChI is InChI=1S/C14H16FN3O2/c15-10-3-1-2-4-11(10)18-7-5-12(14(18)20)17-8-6-16-13(19)9-17/h1-4,12H,5-9H2,(H,16,19). The second-order valence-electron chi connectivity index (χ2n) is 5.07. The SMILES string of the molecule is O=C1CN(C2CCN(c3ccccc3F)C2=O)CCN1. The van der Waals surface area contributed by atoms with Gasteiger partial charge in [-0.2, -0.15) is 0 Å². The molecule has 0 aliphatic carbocycles. The molecule has 1 atom stereocenters. The lowest BCUT2D eigenvalue weighted by Crippen LogP contribution is -2.53. The number of carbonyl (C=O) groups excluding carboxylic acids is 2. The Hall–Kier alpha value is -1.95. The fourth-order valence-electron chi connectivity index (χ4n) is 2.84. The van der Waals surface area contributed by atoms with Gasteiger partial charge in [-0.05, 0) is 18.6 Å². The smallest absolute Gasteiger partial charge is 0.244 e. The van der Waals surface area contributed by atoms with E-state index in [1.165, 1.54) is 11.0 Å². The molecular formula is C14H16FN3O2. The van der Waals surface area contributed by atoms with Crippen molar-refractivity contribution in [3.05, 3.63) is 30.1 Å². The molecule has 106 valence electrons. The quantitative estimate of drug-likeness (QED) is 0.849. The fraction of sp³-hybridized carbons (Fsp3) is 0.429. The molecule has 5 nitrogen and oxygen atoms in total. The van der Waals surface area contributed by atoms with Gasteiger partial charge < -0.3 is 10.2 Å². The summed E-state index contributed by atoms with van der Waals surface area (Å²) in [6, 6.07) is 5.96. The molecule has 0 bridgehead atoms. The molecule has 0 spiro atoms. The number of amides is 2. The molecule has 6 heteroatoms. The Morgan fingerprint density at radius 1 is 1.20 bits per heavy atom. The number of anilines is 1. The van der Waals surface area contributed by atoms with Crippen LogP contribution in [-0.4, -0.2) is 48.9 Å². The predicted molar refractivity (Wildman–Crippen MR) is 71.7 cm³/mol. The van der Waals surface area contributed by atoms with Gasteiger partial charge in [0.2, 0.25) is 11.8 Å². The number of piperazine rings is 1. The zero-order valence-electron chi connectivity index (χ0n) is 11.0. The maximum Gasteiger partial charge on any atom is 0.244 e. The van der Waals surface area contributed by atoms with Crippen molar-refractivity contribution < 1.29 is 14.0 Å². The lowest BCUT2D eigenvalue weighted by atomic mass is 10.2. The number of hydrogen-bond acceptors (Lipinski definition) is 3. The Bertz CT molecular complexity index is 549. The van der Waals surface area contributed by atoms with Crippen molar-refractivity contribution in [3.8, 4) is 0 Å². The molecule has 0 radical (unpaired) electrons. The van der Waals surface area contributed by atoms with Crippen molar-refractivity contribution in [2.75, 3.05) is 31.1 Å². The molecule has 2 aliphatic heterocycles. The number of halogens is 1. The van der Waals surface area contributed by atoms with Crippen molar-refractivity contribution in [1.82, 2.24) is 10.2 Å². The molecule has 2 heterocycles. The highest BCUT2D eigenvalue weighted by Crippen LogP contribution is 2.26. The summed E-state index contributed by atoms with van der Waals surface area (Å²) in [6.07, 6.45) is 0.625. The fourth-order valence-corrected chi connectivity index (χ4v) is 2.84. The summed E-state index contributed by atoms with van der Waals surface area (Å²) in [5, 5.41) is 2.74. The lowest BCUT2D eigenvalue weighted by Gasteiger charge is -2.30. The van der Waals surface area contributed by atoms with Crippen molar-refractivity contribution in [2.24, 2.45) is 0 Å². The van der Waals surface area contributed by atoms with E-state index in [1.807, 2.05) is 4.90 Å². The molecule has 2 amide bonds. The Labute approximate surface area is 116 Å². The van der Waals surface area contributed by atoms with Crippen LogP contribution in [0.15, 0.2) is 24.3 Å². The van der Waals surface area contributed by atoms with Crippen LogP contribution in [0.25, 0.3) is 0 Å². The third-order valence-corrected chi connectivity index (χ3v) is 3.83. The van der Waals surface area contributed by atoms with E-state index in [0.29, 0.717) is 31.7 Å². The van der Waals surface area contributed by atoms with Gasteiger partial charge in [0.1, 0.15) is 5.82 Å². The van der Waals surface area contributed by atoms with E-state index in [1.54, 1.807) is 18.2 Å². The van der Waals surface area contributed by atoms with E-state index in [-0.39, 0.29) is 24.4 Å². The minimum absolute atomic E-state index is 0.0617. The van der Waals surface area contributed by atoms with Crippen LogP contribution in [0.2, 0.25) is 0 Å². The van der Waals surface area contributed by atoms with E-state index < -0.39 is 5.82 Å². The molecule has 1 N–H and O–H groups in total. The average molecular weight is 277 g/mol.